The highest BCUT2D eigenvalue weighted by Gasteiger charge is 2.27. The van der Waals surface area contributed by atoms with Gasteiger partial charge in [0.1, 0.15) is 23.3 Å². The van der Waals surface area contributed by atoms with Gasteiger partial charge >= 0.3 is 5.97 Å². The molecule has 1 atom stereocenters. The Morgan fingerprint density at radius 3 is 2.42 bits per heavy atom. The number of anilines is 1. The summed E-state index contributed by atoms with van der Waals surface area (Å²) in [5, 5.41) is 13.5. The lowest BCUT2D eigenvalue weighted by atomic mass is 9.96. The first-order chi connectivity index (χ1) is 14.8. The van der Waals surface area contributed by atoms with E-state index in [-0.39, 0.29) is 24.0 Å². The van der Waals surface area contributed by atoms with Crippen molar-refractivity contribution in [3.63, 3.8) is 0 Å². The molecular weight excluding hydrogens is 400 g/mol. The van der Waals surface area contributed by atoms with Crippen LogP contribution in [0.4, 0.5) is 11.4 Å². The molecule has 2 aromatic rings. The maximum absolute atomic E-state index is 12.5. The SMILES string of the molecule is COc1cc([C@H](CC=C(C)C)OC(=O)CC(C)C)c(OC)c2c(N=O)ccc(NO)c12. The molecule has 0 aliphatic rings. The summed E-state index contributed by atoms with van der Waals surface area (Å²) >= 11 is 0. The Morgan fingerprint density at radius 1 is 1.19 bits per heavy atom. The molecule has 31 heavy (non-hydrogen) atoms. The van der Waals surface area contributed by atoms with E-state index in [0.29, 0.717) is 39.9 Å². The summed E-state index contributed by atoms with van der Waals surface area (Å²) in [6.07, 6.45) is 1.99. The molecule has 168 valence electrons. The molecule has 2 rings (SSSR count). The van der Waals surface area contributed by atoms with Crippen LogP contribution in [0.1, 0.15) is 52.2 Å². The Bertz CT molecular complexity index is 980. The maximum Gasteiger partial charge on any atom is 0.306 e. The Labute approximate surface area is 182 Å². The zero-order valence-electron chi connectivity index (χ0n) is 18.8. The van der Waals surface area contributed by atoms with Crippen molar-refractivity contribution in [2.75, 3.05) is 19.7 Å². The number of hydrogen-bond donors (Lipinski definition) is 2. The van der Waals surface area contributed by atoms with Gasteiger partial charge in [0, 0.05) is 18.4 Å². The van der Waals surface area contributed by atoms with Crippen LogP contribution in [0.5, 0.6) is 11.5 Å². The fourth-order valence-electron chi connectivity index (χ4n) is 3.41. The largest absolute Gasteiger partial charge is 0.496 e. The predicted octanol–water partition coefficient (Wildman–Crippen LogP) is 6.04. The summed E-state index contributed by atoms with van der Waals surface area (Å²) in [6, 6.07) is 4.68. The summed E-state index contributed by atoms with van der Waals surface area (Å²) in [4.78, 5) is 24.1. The van der Waals surface area contributed by atoms with Crippen molar-refractivity contribution in [1.82, 2.24) is 0 Å². The molecule has 0 radical (unpaired) electrons. The fourth-order valence-corrected chi connectivity index (χ4v) is 3.41. The van der Waals surface area contributed by atoms with Crippen LogP contribution < -0.4 is 15.0 Å². The lowest BCUT2D eigenvalue weighted by Crippen LogP contribution is -2.14. The van der Waals surface area contributed by atoms with E-state index in [1.54, 1.807) is 6.07 Å². The summed E-state index contributed by atoms with van der Waals surface area (Å²) in [7, 11) is 2.94. The number of carbonyl (C=O) groups is 1. The van der Waals surface area contributed by atoms with Crippen molar-refractivity contribution in [2.24, 2.45) is 11.1 Å². The molecule has 0 fully saturated rings. The van der Waals surface area contributed by atoms with Crippen molar-refractivity contribution in [1.29, 1.82) is 0 Å². The number of benzene rings is 2. The summed E-state index contributed by atoms with van der Waals surface area (Å²) in [5.41, 5.74) is 4.16. The van der Waals surface area contributed by atoms with Gasteiger partial charge < -0.3 is 14.2 Å². The van der Waals surface area contributed by atoms with E-state index in [2.05, 4.69) is 10.7 Å². The molecule has 0 bridgehead atoms. The third kappa shape index (κ3) is 5.52. The van der Waals surface area contributed by atoms with Crippen molar-refractivity contribution in [3.05, 3.63) is 40.3 Å². The number of carbonyl (C=O) groups excluding carboxylic acids is 1. The lowest BCUT2D eigenvalue weighted by molar-refractivity contribution is -0.150. The first-order valence-electron chi connectivity index (χ1n) is 10.0. The van der Waals surface area contributed by atoms with Gasteiger partial charge in [-0.3, -0.25) is 15.5 Å². The van der Waals surface area contributed by atoms with Crippen LogP contribution in [-0.2, 0) is 9.53 Å². The zero-order valence-corrected chi connectivity index (χ0v) is 18.8. The third-order valence-corrected chi connectivity index (χ3v) is 4.78. The number of fused-ring (bicyclic) bond motifs is 1. The van der Waals surface area contributed by atoms with E-state index in [1.165, 1.54) is 26.4 Å². The number of nitroso groups, excluding NO2 is 1. The van der Waals surface area contributed by atoms with Gasteiger partial charge in [-0.15, -0.1) is 4.91 Å². The number of rotatable bonds is 10. The summed E-state index contributed by atoms with van der Waals surface area (Å²) in [5.74, 6) is 0.512. The molecule has 8 heteroatoms. The Hall–Kier alpha value is -3.13. The van der Waals surface area contributed by atoms with Gasteiger partial charge in [-0.25, -0.2) is 0 Å². The first kappa shape index (κ1) is 24.1. The summed E-state index contributed by atoms with van der Waals surface area (Å²) < 4.78 is 17.0. The van der Waals surface area contributed by atoms with Crippen LogP contribution in [-0.4, -0.2) is 25.4 Å². The van der Waals surface area contributed by atoms with Gasteiger partial charge in [0.05, 0.1) is 30.7 Å². The van der Waals surface area contributed by atoms with Gasteiger partial charge in [-0.2, -0.15) is 0 Å². The molecule has 0 saturated heterocycles. The predicted molar refractivity (Wildman–Crippen MR) is 120 cm³/mol. The monoisotopic (exact) mass is 430 g/mol. The standard InChI is InChI=1S/C23H30N2O6/c1-13(2)7-10-18(31-20(26)11-14(3)4)15-12-19(29-5)21-16(24-27)8-9-17(25-28)22(21)23(15)30-6/h7-9,12,14,18,24,27H,10-11H2,1-6H3/t18-/m0/s1. The summed E-state index contributed by atoms with van der Waals surface area (Å²) in [6.45, 7) is 7.80. The molecule has 0 spiro atoms. The highest BCUT2D eigenvalue weighted by atomic mass is 16.5. The van der Waals surface area contributed by atoms with Crippen LogP contribution in [0, 0.1) is 10.8 Å². The van der Waals surface area contributed by atoms with E-state index in [9.17, 15) is 14.9 Å². The van der Waals surface area contributed by atoms with Crippen molar-refractivity contribution >= 4 is 28.1 Å². The molecule has 0 saturated carbocycles. The number of nitrogens with zero attached hydrogens (tertiary/aromatic N) is 1. The van der Waals surface area contributed by atoms with Gasteiger partial charge in [0.15, 0.2) is 0 Å². The topological polar surface area (TPSA) is 106 Å². The minimum atomic E-state index is -0.667. The molecule has 8 nitrogen and oxygen atoms in total. The molecule has 0 amide bonds. The van der Waals surface area contributed by atoms with E-state index >= 15 is 0 Å². The highest BCUT2D eigenvalue weighted by Crippen LogP contribution is 2.48. The van der Waals surface area contributed by atoms with Gasteiger partial charge in [-0.05, 0) is 43.1 Å². The minimum Gasteiger partial charge on any atom is -0.496 e. The lowest BCUT2D eigenvalue weighted by Gasteiger charge is -2.23. The number of ether oxygens (including phenoxy) is 3. The van der Waals surface area contributed by atoms with E-state index < -0.39 is 6.10 Å². The third-order valence-electron chi connectivity index (χ3n) is 4.78. The molecule has 0 unspecified atom stereocenters. The molecule has 0 heterocycles. The zero-order chi connectivity index (χ0) is 23.1. The second-order valence-corrected chi connectivity index (χ2v) is 7.88. The Kier molecular flexibility index (Phi) is 8.38. The number of esters is 1. The fraction of sp³-hybridized carbons (Fsp3) is 0.435. The van der Waals surface area contributed by atoms with Crippen molar-refractivity contribution in [2.45, 2.75) is 46.6 Å². The van der Waals surface area contributed by atoms with Crippen LogP contribution in [0.25, 0.3) is 10.8 Å². The van der Waals surface area contributed by atoms with Gasteiger partial charge in [0.25, 0.3) is 0 Å². The van der Waals surface area contributed by atoms with E-state index in [4.69, 9.17) is 14.2 Å². The second kappa shape index (κ2) is 10.8. The molecule has 2 aromatic carbocycles. The number of nitrogens with one attached hydrogen (secondary N) is 1. The molecule has 0 aliphatic carbocycles. The minimum absolute atomic E-state index is 0.112. The van der Waals surface area contributed by atoms with Crippen molar-refractivity contribution < 1.29 is 24.2 Å². The van der Waals surface area contributed by atoms with Gasteiger partial charge in [-0.1, -0.05) is 25.5 Å². The van der Waals surface area contributed by atoms with Gasteiger partial charge in [0.2, 0.25) is 0 Å². The quantitative estimate of drug-likeness (QED) is 0.205. The molecular formula is C23H30N2O6. The van der Waals surface area contributed by atoms with Crippen molar-refractivity contribution in [3.8, 4) is 11.5 Å². The molecule has 0 aliphatic heterocycles. The van der Waals surface area contributed by atoms with E-state index in [0.717, 1.165) is 5.57 Å². The number of methoxy groups -OCH3 is 2. The average Bonchev–Trinajstić information content (AvgIpc) is 2.73. The Balaban J connectivity index is 2.80. The molecule has 2 N–H and O–H groups in total. The number of hydrogen-bond acceptors (Lipinski definition) is 8. The van der Waals surface area contributed by atoms with Crippen LogP contribution in [0.2, 0.25) is 0 Å². The van der Waals surface area contributed by atoms with E-state index in [1.807, 2.05) is 33.8 Å². The Morgan fingerprint density at radius 2 is 1.90 bits per heavy atom. The molecule has 0 aromatic heterocycles. The highest BCUT2D eigenvalue weighted by molar-refractivity contribution is 6.08. The first-order valence-corrected chi connectivity index (χ1v) is 10.0. The smallest absolute Gasteiger partial charge is 0.306 e. The van der Waals surface area contributed by atoms with Crippen LogP contribution >= 0.6 is 0 Å². The normalized spacial score (nSPS) is 11.7. The average molecular weight is 431 g/mol. The number of allylic oxidation sites excluding steroid dienone is 1. The maximum atomic E-state index is 12.5. The van der Waals surface area contributed by atoms with Crippen LogP contribution in [0.15, 0.2) is 35.0 Å². The second-order valence-electron chi connectivity index (χ2n) is 7.88. The van der Waals surface area contributed by atoms with Crippen LogP contribution in [0.3, 0.4) is 0 Å².